The van der Waals surface area contributed by atoms with Crippen molar-refractivity contribution in [1.29, 1.82) is 5.26 Å². The minimum Gasteiger partial charge on any atom is -0.493 e. The molecule has 0 spiro atoms. The molecule has 2 heterocycles. The maximum Gasteiger partial charge on any atom is 0.162 e. The molecular formula is C29H30N4O2. The summed E-state index contributed by atoms with van der Waals surface area (Å²) in [6, 6.07) is 14.6. The van der Waals surface area contributed by atoms with E-state index in [4.69, 9.17) is 9.47 Å². The second-order valence-electron chi connectivity index (χ2n) is 9.20. The summed E-state index contributed by atoms with van der Waals surface area (Å²) in [5.41, 5.74) is 5.21. The molecule has 2 aliphatic rings. The molecule has 178 valence electrons. The highest BCUT2D eigenvalue weighted by atomic mass is 16.5. The molecule has 1 saturated carbocycles. The lowest BCUT2D eigenvalue weighted by molar-refractivity contribution is 0.116. The Morgan fingerprint density at radius 3 is 2.66 bits per heavy atom. The molecule has 1 saturated heterocycles. The number of benzene rings is 2. The molecule has 6 nitrogen and oxygen atoms in total. The molecule has 0 amide bonds. The summed E-state index contributed by atoms with van der Waals surface area (Å²) in [7, 11) is 1.64. The minimum atomic E-state index is 0.0638. The Bertz CT molecular complexity index is 1310. The third-order valence-corrected chi connectivity index (χ3v) is 6.86. The van der Waals surface area contributed by atoms with Gasteiger partial charge in [0.05, 0.1) is 23.9 Å². The molecule has 0 bridgehead atoms. The number of allylic oxidation sites excluding steroid dienone is 1. The first kappa shape index (κ1) is 22.8. The monoisotopic (exact) mass is 466 g/mol. The Balaban J connectivity index is 1.46. The number of methoxy groups -OCH3 is 1. The van der Waals surface area contributed by atoms with E-state index in [2.05, 4.69) is 52.6 Å². The summed E-state index contributed by atoms with van der Waals surface area (Å²) in [4.78, 5) is 6.75. The van der Waals surface area contributed by atoms with Crippen LogP contribution in [0.4, 0.5) is 11.4 Å². The lowest BCUT2D eigenvalue weighted by Crippen LogP contribution is -2.37. The molecule has 0 unspecified atom stereocenters. The predicted octanol–water partition coefficient (Wildman–Crippen LogP) is 6.28. The molecule has 2 fully saturated rings. The van der Waals surface area contributed by atoms with E-state index >= 15 is 0 Å². The fraction of sp³-hybridized carbons (Fsp3) is 0.310. The Morgan fingerprint density at radius 2 is 1.97 bits per heavy atom. The Kier molecular flexibility index (Phi) is 6.33. The first-order valence-electron chi connectivity index (χ1n) is 12.1. The lowest BCUT2D eigenvalue weighted by Gasteiger charge is -2.34. The van der Waals surface area contributed by atoms with E-state index < -0.39 is 0 Å². The number of likely N-dealkylation sites (tertiary alicyclic amines) is 1. The number of hydrogen-bond acceptors (Lipinski definition) is 6. The smallest absolute Gasteiger partial charge is 0.162 e. The van der Waals surface area contributed by atoms with Crippen molar-refractivity contribution < 1.29 is 9.47 Å². The van der Waals surface area contributed by atoms with Crippen LogP contribution in [0.2, 0.25) is 0 Å². The van der Waals surface area contributed by atoms with Crippen molar-refractivity contribution in [2.75, 3.05) is 25.5 Å². The van der Waals surface area contributed by atoms with Gasteiger partial charge in [0, 0.05) is 55.0 Å². The average molecular weight is 467 g/mol. The number of nitrogens with zero attached hydrogens (tertiary/aromatic N) is 3. The molecule has 6 heteroatoms. The Labute approximate surface area is 206 Å². The summed E-state index contributed by atoms with van der Waals surface area (Å²) in [6.45, 7) is 9.61. The SMILES string of the molecule is C=CC(=C)N1CCC(Oc2cc3c(Nc4cccc(C5CC5)c4)c(C#N)cnc3cc2OC)CC1. The summed E-state index contributed by atoms with van der Waals surface area (Å²) < 4.78 is 12.1. The number of rotatable bonds is 8. The van der Waals surface area contributed by atoms with Crippen LogP contribution < -0.4 is 14.8 Å². The highest BCUT2D eigenvalue weighted by Gasteiger charge is 2.24. The van der Waals surface area contributed by atoms with E-state index in [0.29, 0.717) is 23.0 Å². The first-order valence-corrected chi connectivity index (χ1v) is 12.1. The number of nitrogens with one attached hydrogen (secondary N) is 1. The molecule has 5 rings (SSSR count). The van der Waals surface area contributed by atoms with Crippen LogP contribution in [-0.2, 0) is 0 Å². The van der Waals surface area contributed by atoms with Gasteiger partial charge in [0.15, 0.2) is 11.5 Å². The molecule has 3 aromatic rings. The van der Waals surface area contributed by atoms with E-state index in [9.17, 15) is 5.26 Å². The van der Waals surface area contributed by atoms with Crippen molar-refractivity contribution in [1.82, 2.24) is 9.88 Å². The van der Waals surface area contributed by atoms with Crippen LogP contribution in [0.3, 0.4) is 0 Å². The number of pyridine rings is 1. The largest absolute Gasteiger partial charge is 0.493 e. The third-order valence-electron chi connectivity index (χ3n) is 6.86. The van der Waals surface area contributed by atoms with Crippen molar-refractivity contribution >= 4 is 22.3 Å². The van der Waals surface area contributed by atoms with Crippen LogP contribution in [0, 0.1) is 11.3 Å². The van der Waals surface area contributed by atoms with E-state index in [1.165, 1.54) is 18.4 Å². The number of piperidine rings is 1. The zero-order valence-electron chi connectivity index (χ0n) is 20.1. The quantitative estimate of drug-likeness (QED) is 0.394. The van der Waals surface area contributed by atoms with Crippen LogP contribution in [0.5, 0.6) is 11.5 Å². The maximum absolute atomic E-state index is 9.83. The molecule has 1 aliphatic carbocycles. The zero-order chi connectivity index (χ0) is 24.4. The number of nitriles is 1. The Morgan fingerprint density at radius 1 is 1.17 bits per heavy atom. The van der Waals surface area contributed by atoms with Gasteiger partial charge in [0.1, 0.15) is 12.2 Å². The second-order valence-corrected chi connectivity index (χ2v) is 9.20. The van der Waals surface area contributed by atoms with E-state index in [-0.39, 0.29) is 6.10 Å². The van der Waals surface area contributed by atoms with Gasteiger partial charge in [-0.25, -0.2) is 0 Å². The average Bonchev–Trinajstić information content (AvgIpc) is 3.74. The fourth-order valence-electron chi connectivity index (χ4n) is 4.67. The van der Waals surface area contributed by atoms with Crippen LogP contribution in [0.25, 0.3) is 10.9 Å². The topological polar surface area (TPSA) is 70.4 Å². The molecule has 0 radical (unpaired) electrons. The predicted molar refractivity (Wildman–Crippen MR) is 139 cm³/mol. The molecule has 2 aromatic carbocycles. The summed E-state index contributed by atoms with van der Waals surface area (Å²) in [5, 5.41) is 14.2. The van der Waals surface area contributed by atoms with Gasteiger partial charge < -0.3 is 19.7 Å². The molecule has 0 atom stereocenters. The van der Waals surface area contributed by atoms with Gasteiger partial charge in [-0.2, -0.15) is 5.26 Å². The van der Waals surface area contributed by atoms with E-state index in [1.54, 1.807) is 19.4 Å². The number of fused-ring (bicyclic) bond motifs is 1. The zero-order valence-corrected chi connectivity index (χ0v) is 20.1. The van der Waals surface area contributed by atoms with Crippen LogP contribution in [0.15, 0.2) is 67.5 Å². The van der Waals surface area contributed by atoms with Gasteiger partial charge in [0.2, 0.25) is 0 Å². The van der Waals surface area contributed by atoms with Crippen molar-refractivity contribution in [2.24, 2.45) is 0 Å². The maximum atomic E-state index is 9.83. The molecular weight excluding hydrogens is 436 g/mol. The number of anilines is 2. The number of hydrogen-bond donors (Lipinski definition) is 1. The van der Waals surface area contributed by atoms with Gasteiger partial charge in [-0.1, -0.05) is 25.3 Å². The number of aromatic nitrogens is 1. The lowest BCUT2D eigenvalue weighted by atomic mass is 10.1. The fourth-order valence-corrected chi connectivity index (χ4v) is 4.67. The van der Waals surface area contributed by atoms with E-state index in [1.807, 2.05) is 18.2 Å². The van der Waals surface area contributed by atoms with Gasteiger partial charge in [-0.05, 0) is 48.6 Å². The van der Waals surface area contributed by atoms with E-state index in [0.717, 1.165) is 53.9 Å². The molecule has 1 aliphatic heterocycles. The summed E-state index contributed by atoms with van der Waals surface area (Å²) in [6.07, 6.45) is 7.71. The summed E-state index contributed by atoms with van der Waals surface area (Å²) in [5.74, 6) is 1.95. The minimum absolute atomic E-state index is 0.0638. The van der Waals surface area contributed by atoms with Gasteiger partial charge in [-0.3, -0.25) is 4.98 Å². The number of ether oxygens (including phenoxy) is 2. The van der Waals surface area contributed by atoms with Crippen molar-refractivity contribution in [3.05, 3.63) is 78.7 Å². The molecule has 35 heavy (non-hydrogen) atoms. The normalized spacial score (nSPS) is 15.9. The van der Waals surface area contributed by atoms with Crippen LogP contribution in [0.1, 0.15) is 42.7 Å². The van der Waals surface area contributed by atoms with Crippen LogP contribution >= 0.6 is 0 Å². The van der Waals surface area contributed by atoms with Crippen molar-refractivity contribution in [2.45, 2.75) is 37.7 Å². The molecule has 1 N–H and O–H groups in total. The van der Waals surface area contributed by atoms with Gasteiger partial charge in [-0.15, -0.1) is 0 Å². The molecule has 1 aromatic heterocycles. The Hall–Kier alpha value is -3.98. The second kappa shape index (κ2) is 9.71. The van der Waals surface area contributed by atoms with Crippen LogP contribution in [-0.4, -0.2) is 36.2 Å². The van der Waals surface area contributed by atoms with Crippen molar-refractivity contribution in [3.8, 4) is 17.6 Å². The van der Waals surface area contributed by atoms with Crippen molar-refractivity contribution in [3.63, 3.8) is 0 Å². The third kappa shape index (κ3) is 4.81. The highest BCUT2D eigenvalue weighted by Crippen LogP contribution is 2.42. The van der Waals surface area contributed by atoms with Gasteiger partial charge in [0.25, 0.3) is 0 Å². The standard InChI is InChI=1S/C29H30N4O2/c1-4-19(2)33-12-10-24(11-13-33)35-28-15-25-26(16-27(28)34-3)31-18-22(17-30)29(25)32-23-7-5-6-21(14-23)20-8-9-20/h4-7,14-16,18,20,24H,1-2,8-13H2,3H3,(H,31,32). The first-order chi connectivity index (χ1) is 17.1. The van der Waals surface area contributed by atoms with Gasteiger partial charge >= 0.3 is 0 Å². The highest BCUT2D eigenvalue weighted by molar-refractivity contribution is 5.97. The summed E-state index contributed by atoms with van der Waals surface area (Å²) >= 11 is 0.